The lowest BCUT2D eigenvalue weighted by atomic mass is 10.0. The highest BCUT2D eigenvalue weighted by Gasteiger charge is 2.23. The predicted octanol–water partition coefficient (Wildman–Crippen LogP) is 4.55. The lowest BCUT2D eigenvalue weighted by Gasteiger charge is -2.17. The number of para-hydroxylation sites is 2. The molecule has 126 valence electrons. The number of aromatic nitrogens is 1. The van der Waals surface area contributed by atoms with Gasteiger partial charge in [-0.1, -0.05) is 41.9 Å². The van der Waals surface area contributed by atoms with Gasteiger partial charge in [-0.3, -0.25) is 4.79 Å². The van der Waals surface area contributed by atoms with Crippen LogP contribution >= 0.6 is 11.6 Å². The topological polar surface area (TPSA) is 45.3 Å². The van der Waals surface area contributed by atoms with Crippen molar-refractivity contribution < 1.29 is 9.53 Å². The van der Waals surface area contributed by atoms with Crippen LogP contribution in [0.1, 0.15) is 16.2 Å². The highest BCUT2D eigenvalue weighted by molar-refractivity contribution is 6.34. The van der Waals surface area contributed by atoms with Crippen molar-refractivity contribution >= 4 is 23.2 Å². The molecule has 3 aromatic rings. The first-order valence-electron chi connectivity index (χ1n) is 8.12. The second-order valence-corrected chi connectivity index (χ2v) is 6.39. The molecule has 2 aromatic carbocycles. The van der Waals surface area contributed by atoms with E-state index in [9.17, 15) is 4.79 Å². The minimum Gasteiger partial charge on any atom is -0.493 e. The van der Waals surface area contributed by atoms with Gasteiger partial charge in [0.2, 0.25) is 0 Å². The van der Waals surface area contributed by atoms with Crippen LogP contribution in [0.4, 0.5) is 5.69 Å². The first-order chi connectivity index (χ1) is 12.1. The first-order valence-corrected chi connectivity index (χ1v) is 8.49. The maximum Gasteiger partial charge on any atom is 0.274 e. The van der Waals surface area contributed by atoms with Crippen LogP contribution in [0.25, 0.3) is 11.1 Å². The number of ether oxygens (including phenoxy) is 1. The standard InChI is InChI=1S/C20H17ClN2O2/c1-23(18-8-4-3-7-15(18)21)20(24)17-12-14-13-6-2-5-9-19(13)25-11-10-16(14)22-17/h2-9,12,22H,10-11H2,1H3. The van der Waals surface area contributed by atoms with Crippen molar-refractivity contribution in [1.82, 2.24) is 4.98 Å². The van der Waals surface area contributed by atoms with E-state index in [-0.39, 0.29) is 5.91 Å². The van der Waals surface area contributed by atoms with Crippen LogP contribution in [-0.4, -0.2) is 24.5 Å². The van der Waals surface area contributed by atoms with Gasteiger partial charge in [0, 0.05) is 30.3 Å². The summed E-state index contributed by atoms with van der Waals surface area (Å²) in [4.78, 5) is 17.8. The SMILES string of the molecule is CN(C(=O)c1cc2c([nH]1)CCOc1ccccc1-2)c1ccccc1Cl. The van der Waals surface area contributed by atoms with E-state index >= 15 is 0 Å². The van der Waals surface area contributed by atoms with Gasteiger partial charge in [0.05, 0.1) is 17.3 Å². The molecular formula is C20H17ClN2O2. The molecule has 1 aromatic heterocycles. The number of anilines is 1. The molecule has 1 amide bonds. The van der Waals surface area contributed by atoms with Gasteiger partial charge in [0.1, 0.15) is 11.4 Å². The molecule has 0 spiro atoms. The van der Waals surface area contributed by atoms with Gasteiger partial charge in [0.25, 0.3) is 5.91 Å². The van der Waals surface area contributed by atoms with E-state index in [1.165, 1.54) is 0 Å². The summed E-state index contributed by atoms with van der Waals surface area (Å²) in [6, 6.07) is 17.1. The molecular weight excluding hydrogens is 336 g/mol. The van der Waals surface area contributed by atoms with Crippen molar-refractivity contribution in [3.63, 3.8) is 0 Å². The minimum absolute atomic E-state index is 0.125. The van der Waals surface area contributed by atoms with Gasteiger partial charge in [0.15, 0.2) is 0 Å². The number of halogens is 1. The Labute approximate surface area is 151 Å². The van der Waals surface area contributed by atoms with Gasteiger partial charge in [-0.2, -0.15) is 0 Å². The number of fused-ring (bicyclic) bond motifs is 3. The van der Waals surface area contributed by atoms with Crippen LogP contribution in [0.2, 0.25) is 5.02 Å². The van der Waals surface area contributed by atoms with Crippen LogP contribution in [0, 0.1) is 0 Å². The first kappa shape index (κ1) is 15.8. The Morgan fingerprint density at radius 1 is 1.12 bits per heavy atom. The summed E-state index contributed by atoms with van der Waals surface area (Å²) in [5, 5.41) is 0.546. The van der Waals surface area contributed by atoms with Crippen LogP contribution < -0.4 is 9.64 Å². The molecule has 0 atom stereocenters. The Morgan fingerprint density at radius 2 is 1.88 bits per heavy atom. The summed E-state index contributed by atoms with van der Waals surface area (Å²) in [5.74, 6) is 0.721. The van der Waals surface area contributed by atoms with Crippen LogP contribution in [0.3, 0.4) is 0 Å². The molecule has 1 aliphatic heterocycles. The highest BCUT2D eigenvalue weighted by Crippen LogP contribution is 2.36. The van der Waals surface area contributed by atoms with Crippen molar-refractivity contribution in [2.75, 3.05) is 18.6 Å². The van der Waals surface area contributed by atoms with E-state index < -0.39 is 0 Å². The summed E-state index contributed by atoms with van der Waals surface area (Å²) in [5.41, 5.74) is 4.27. The fourth-order valence-electron chi connectivity index (χ4n) is 3.14. The van der Waals surface area contributed by atoms with Crippen molar-refractivity contribution in [3.05, 3.63) is 71.0 Å². The molecule has 0 saturated heterocycles. The number of hydrogen-bond donors (Lipinski definition) is 1. The van der Waals surface area contributed by atoms with Gasteiger partial charge < -0.3 is 14.6 Å². The zero-order valence-electron chi connectivity index (χ0n) is 13.8. The number of carbonyl (C=O) groups excluding carboxylic acids is 1. The maximum absolute atomic E-state index is 12.9. The van der Waals surface area contributed by atoms with E-state index in [0.29, 0.717) is 23.0 Å². The lowest BCUT2D eigenvalue weighted by molar-refractivity contribution is 0.0988. The minimum atomic E-state index is -0.125. The van der Waals surface area contributed by atoms with E-state index in [1.807, 2.05) is 48.5 Å². The number of rotatable bonds is 2. The summed E-state index contributed by atoms with van der Waals surface area (Å²) < 4.78 is 5.79. The van der Waals surface area contributed by atoms with Crippen LogP contribution in [0.5, 0.6) is 5.75 Å². The fraction of sp³-hybridized carbons (Fsp3) is 0.150. The molecule has 0 saturated carbocycles. The van der Waals surface area contributed by atoms with Crippen molar-refractivity contribution in [1.29, 1.82) is 0 Å². The third kappa shape index (κ3) is 2.79. The van der Waals surface area contributed by atoms with Crippen molar-refractivity contribution in [2.45, 2.75) is 6.42 Å². The Kier molecular flexibility index (Phi) is 3.98. The number of carbonyl (C=O) groups is 1. The molecule has 0 fully saturated rings. The number of nitrogens with one attached hydrogen (secondary N) is 1. The molecule has 5 heteroatoms. The third-order valence-corrected chi connectivity index (χ3v) is 4.75. The molecule has 1 aliphatic rings. The second kappa shape index (κ2) is 6.30. The third-order valence-electron chi connectivity index (χ3n) is 4.44. The molecule has 4 rings (SSSR count). The van der Waals surface area contributed by atoms with Gasteiger partial charge in [-0.15, -0.1) is 0 Å². The van der Waals surface area contributed by atoms with Gasteiger partial charge in [-0.05, 0) is 24.3 Å². The molecule has 0 bridgehead atoms. The Hall–Kier alpha value is -2.72. The van der Waals surface area contributed by atoms with E-state index in [2.05, 4.69) is 4.98 Å². The Bertz CT molecular complexity index is 948. The predicted molar refractivity (Wildman–Crippen MR) is 99.6 cm³/mol. The number of aromatic amines is 1. The zero-order chi connectivity index (χ0) is 17.4. The molecule has 0 unspecified atom stereocenters. The van der Waals surface area contributed by atoms with E-state index in [4.69, 9.17) is 16.3 Å². The van der Waals surface area contributed by atoms with Crippen LogP contribution in [0.15, 0.2) is 54.6 Å². The average molecular weight is 353 g/mol. The van der Waals surface area contributed by atoms with E-state index in [1.54, 1.807) is 18.0 Å². The normalized spacial score (nSPS) is 12.6. The molecule has 2 heterocycles. The second-order valence-electron chi connectivity index (χ2n) is 5.99. The lowest BCUT2D eigenvalue weighted by Crippen LogP contribution is -2.26. The number of amides is 1. The highest BCUT2D eigenvalue weighted by atomic mass is 35.5. The molecule has 25 heavy (non-hydrogen) atoms. The quantitative estimate of drug-likeness (QED) is 0.735. The average Bonchev–Trinajstić information content (AvgIpc) is 2.98. The van der Waals surface area contributed by atoms with E-state index in [0.717, 1.165) is 29.0 Å². The smallest absolute Gasteiger partial charge is 0.274 e. The summed E-state index contributed by atoms with van der Waals surface area (Å²) >= 11 is 6.22. The van der Waals surface area contributed by atoms with Gasteiger partial charge in [-0.25, -0.2) is 0 Å². The monoisotopic (exact) mass is 352 g/mol. The zero-order valence-corrected chi connectivity index (χ0v) is 14.5. The van der Waals surface area contributed by atoms with Gasteiger partial charge >= 0.3 is 0 Å². The molecule has 1 N–H and O–H groups in total. The largest absolute Gasteiger partial charge is 0.493 e. The van der Waals surface area contributed by atoms with Crippen molar-refractivity contribution in [3.8, 4) is 16.9 Å². The van der Waals surface area contributed by atoms with Crippen molar-refractivity contribution in [2.24, 2.45) is 0 Å². The molecule has 4 nitrogen and oxygen atoms in total. The number of nitrogens with zero attached hydrogens (tertiary/aromatic N) is 1. The Morgan fingerprint density at radius 3 is 2.72 bits per heavy atom. The summed E-state index contributed by atoms with van der Waals surface area (Å²) in [6.45, 7) is 0.582. The number of H-pyrrole nitrogens is 1. The van der Waals surface area contributed by atoms with Crippen LogP contribution in [-0.2, 0) is 6.42 Å². The molecule has 0 radical (unpaired) electrons. The molecule has 0 aliphatic carbocycles. The summed E-state index contributed by atoms with van der Waals surface area (Å²) in [7, 11) is 1.73. The number of benzene rings is 2. The Balaban J connectivity index is 1.73. The summed E-state index contributed by atoms with van der Waals surface area (Å²) in [6.07, 6.45) is 0.729. The maximum atomic E-state index is 12.9. The number of hydrogen-bond acceptors (Lipinski definition) is 2. The fourth-order valence-corrected chi connectivity index (χ4v) is 3.40.